The van der Waals surface area contributed by atoms with Crippen molar-refractivity contribution in [1.29, 1.82) is 0 Å². The predicted octanol–water partition coefficient (Wildman–Crippen LogP) is 2.11. The first-order valence-electron chi connectivity index (χ1n) is 5.37. The number of rotatable bonds is 4. The van der Waals surface area contributed by atoms with Crippen molar-refractivity contribution in [2.24, 2.45) is 7.05 Å². The molecule has 5 nitrogen and oxygen atoms in total. The van der Waals surface area contributed by atoms with Gasteiger partial charge in [0.15, 0.2) is 0 Å². The van der Waals surface area contributed by atoms with Crippen LogP contribution in [0.25, 0.3) is 0 Å². The Hall–Kier alpha value is -1.82. The van der Waals surface area contributed by atoms with Gasteiger partial charge in [0, 0.05) is 11.9 Å². The summed E-state index contributed by atoms with van der Waals surface area (Å²) in [6, 6.07) is 5.43. The zero-order valence-corrected chi connectivity index (χ0v) is 10.9. The highest BCUT2D eigenvalue weighted by Crippen LogP contribution is 2.24. The third kappa shape index (κ3) is 2.70. The summed E-state index contributed by atoms with van der Waals surface area (Å²) in [4.78, 5) is 11.9. The van der Waals surface area contributed by atoms with Crippen LogP contribution < -0.4 is 0 Å². The van der Waals surface area contributed by atoms with E-state index in [4.69, 9.17) is 5.11 Å². The van der Waals surface area contributed by atoms with E-state index in [0.717, 1.165) is 16.3 Å². The van der Waals surface area contributed by atoms with Gasteiger partial charge in [0.25, 0.3) is 0 Å². The summed E-state index contributed by atoms with van der Waals surface area (Å²) in [6.45, 7) is 1.79. The highest BCUT2D eigenvalue weighted by molar-refractivity contribution is 7.98. The third-order valence-corrected chi connectivity index (χ3v) is 3.60. The van der Waals surface area contributed by atoms with Crippen molar-refractivity contribution >= 4 is 17.7 Å². The Morgan fingerprint density at radius 2 is 2.28 bits per heavy atom. The highest BCUT2D eigenvalue weighted by Gasteiger charge is 2.09. The minimum atomic E-state index is -0.895. The second-order valence-electron chi connectivity index (χ2n) is 3.93. The summed E-state index contributed by atoms with van der Waals surface area (Å²) in [5.41, 5.74) is 1.11. The molecule has 0 atom stereocenters. The second-order valence-corrected chi connectivity index (χ2v) is 4.98. The average Bonchev–Trinajstić information content (AvgIpc) is 2.73. The molecule has 0 saturated heterocycles. The van der Waals surface area contributed by atoms with Crippen LogP contribution in [0.2, 0.25) is 0 Å². The Balaban J connectivity index is 2.13. The summed E-state index contributed by atoms with van der Waals surface area (Å²) in [7, 11) is 1.88. The zero-order valence-electron chi connectivity index (χ0n) is 10.1. The molecule has 1 aromatic heterocycles. The number of carbonyl (C=O) groups is 1. The first kappa shape index (κ1) is 12.6. The lowest BCUT2D eigenvalue weighted by molar-refractivity contribution is 0.0696. The van der Waals surface area contributed by atoms with Crippen molar-refractivity contribution in [2.75, 3.05) is 0 Å². The molecular weight excluding hydrogens is 250 g/mol. The number of carboxylic acid groups (broad SMARTS) is 1. The fourth-order valence-electron chi connectivity index (χ4n) is 1.51. The Morgan fingerprint density at radius 3 is 2.89 bits per heavy atom. The van der Waals surface area contributed by atoms with Gasteiger partial charge in [-0.3, -0.25) is 0 Å². The van der Waals surface area contributed by atoms with Crippen LogP contribution >= 0.6 is 11.8 Å². The first-order chi connectivity index (χ1) is 8.58. The lowest BCUT2D eigenvalue weighted by Crippen LogP contribution is -2.00. The van der Waals surface area contributed by atoms with Crippen molar-refractivity contribution in [3.8, 4) is 0 Å². The monoisotopic (exact) mass is 263 g/mol. The van der Waals surface area contributed by atoms with E-state index in [2.05, 4.69) is 10.2 Å². The van der Waals surface area contributed by atoms with Gasteiger partial charge in [0.2, 0.25) is 0 Å². The molecule has 0 saturated carbocycles. The molecule has 6 heteroatoms. The summed E-state index contributed by atoms with van der Waals surface area (Å²) in [5, 5.41) is 16.8. The number of hydrogen-bond donors (Lipinski definition) is 1. The van der Waals surface area contributed by atoms with E-state index < -0.39 is 5.97 Å². The van der Waals surface area contributed by atoms with Crippen LogP contribution in [0.4, 0.5) is 0 Å². The number of aromatic nitrogens is 3. The molecule has 0 unspecified atom stereocenters. The van der Waals surface area contributed by atoms with Gasteiger partial charge in [-0.2, -0.15) is 0 Å². The van der Waals surface area contributed by atoms with Crippen LogP contribution in [-0.2, 0) is 12.8 Å². The van der Waals surface area contributed by atoms with E-state index in [1.807, 2.05) is 23.7 Å². The SMILES string of the molecule is Cc1ccc(SCc2nncn2C)cc1C(=O)O. The van der Waals surface area contributed by atoms with Crippen LogP contribution in [-0.4, -0.2) is 25.8 Å². The molecule has 0 aliphatic carbocycles. The molecule has 94 valence electrons. The molecule has 0 fully saturated rings. The maximum Gasteiger partial charge on any atom is 0.335 e. The Morgan fingerprint density at radius 1 is 1.50 bits per heavy atom. The standard InChI is InChI=1S/C12H13N3O2S/c1-8-3-4-9(5-10(8)12(16)17)18-6-11-14-13-7-15(11)2/h3-5,7H,6H2,1-2H3,(H,16,17). The second kappa shape index (κ2) is 5.22. The van der Waals surface area contributed by atoms with Crippen molar-refractivity contribution < 1.29 is 9.90 Å². The smallest absolute Gasteiger partial charge is 0.335 e. The molecule has 0 aliphatic heterocycles. The van der Waals surface area contributed by atoms with Crippen LogP contribution in [0.1, 0.15) is 21.7 Å². The van der Waals surface area contributed by atoms with E-state index in [0.29, 0.717) is 11.3 Å². The molecule has 0 aliphatic rings. The van der Waals surface area contributed by atoms with E-state index in [9.17, 15) is 4.79 Å². The molecule has 18 heavy (non-hydrogen) atoms. The van der Waals surface area contributed by atoms with Crippen LogP contribution in [0, 0.1) is 6.92 Å². The zero-order chi connectivity index (χ0) is 13.1. The van der Waals surface area contributed by atoms with Crippen LogP contribution in [0.5, 0.6) is 0 Å². The van der Waals surface area contributed by atoms with Gasteiger partial charge in [-0.25, -0.2) is 4.79 Å². The number of nitrogens with zero attached hydrogens (tertiary/aromatic N) is 3. The van der Waals surface area contributed by atoms with Gasteiger partial charge < -0.3 is 9.67 Å². The number of hydrogen-bond acceptors (Lipinski definition) is 4. The van der Waals surface area contributed by atoms with Crippen LogP contribution in [0.3, 0.4) is 0 Å². The molecule has 0 spiro atoms. The van der Waals surface area contributed by atoms with Crippen molar-refractivity contribution in [3.63, 3.8) is 0 Å². The fourth-order valence-corrected chi connectivity index (χ4v) is 2.43. The van der Waals surface area contributed by atoms with Gasteiger partial charge in [0.05, 0.1) is 11.3 Å². The molecule has 1 N–H and O–H groups in total. The summed E-state index contributed by atoms with van der Waals surface area (Å²) < 4.78 is 1.85. The van der Waals surface area contributed by atoms with Gasteiger partial charge >= 0.3 is 5.97 Å². The molecule has 2 rings (SSSR count). The normalized spacial score (nSPS) is 10.6. The Labute approximate surface area is 109 Å². The molecule has 0 radical (unpaired) electrons. The van der Waals surface area contributed by atoms with E-state index in [1.165, 1.54) is 0 Å². The minimum absolute atomic E-state index is 0.345. The Bertz CT molecular complexity index is 580. The minimum Gasteiger partial charge on any atom is -0.478 e. The lowest BCUT2D eigenvalue weighted by atomic mass is 10.1. The number of benzene rings is 1. The summed E-state index contributed by atoms with van der Waals surface area (Å²) >= 11 is 1.55. The molecule has 0 bridgehead atoms. The topological polar surface area (TPSA) is 68.0 Å². The number of aromatic carboxylic acids is 1. The van der Waals surface area contributed by atoms with E-state index in [-0.39, 0.29) is 0 Å². The number of thioether (sulfide) groups is 1. The molecular formula is C12H13N3O2S. The average molecular weight is 263 g/mol. The number of aryl methyl sites for hydroxylation is 2. The van der Waals surface area contributed by atoms with Gasteiger partial charge in [0.1, 0.15) is 12.2 Å². The lowest BCUT2D eigenvalue weighted by Gasteiger charge is -2.05. The highest BCUT2D eigenvalue weighted by atomic mass is 32.2. The number of carboxylic acids is 1. The van der Waals surface area contributed by atoms with E-state index in [1.54, 1.807) is 31.1 Å². The van der Waals surface area contributed by atoms with Crippen LogP contribution in [0.15, 0.2) is 29.4 Å². The molecule has 2 aromatic rings. The third-order valence-electron chi connectivity index (χ3n) is 2.61. The molecule has 1 aromatic carbocycles. The largest absolute Gasteiger partial charge is 0.478 e. The molecule has 0 amide bonds. The Kier molecular flexibility index (Phi) is 3.66. The van der Waals surface area contributed by atoms with Gasteiger partial charge in [-0.15, -0.1) is 22.0 Å². The summed E-state index contributed by atoms with van der Waals surface area (Å²) in [6.07, 6.45) is 1.65. The molecule has 1 heterocycles. The van der Waals surface area contributed by atoms with Gasteiger partial charge in [-0.1, -0.05) is 6.07 Å². The maximum absolute atomic E-state index is 11.0. The van der Waals surface area contributed by atoms with Gasteiger partial charge in [-0.05, 0) is 24.6 Å². The first-order valence-corrected chi connectivity index (χ1v) is 6.36. The maximum atomic E-state index is 11.0. The van der Waals surface area contributed by atoms with Crippen molar-refractivity contribution in [3.05, 3.63) is 41.5 Å². The quantitative estimate of drug-likeness (QED) is 0.856. The summed E-state index contributed by atoms with van der Waals surface area (Å²) in [5.74, 6) is 0.629. The fraction of sp³-hybridized carbons (Fsp3) is 0.250. The van der Waals surface area contributed by atoms with Crippen molar-refractivity contribution in [2.45, 2.75) is 17.6 Å². The van der Waals surface area contributed by atoms with Crippen molar-refractivity contribution in [1.82, 2.24) is 14.8 Å². The van der Waals surface area contributed by atoms with E-state index >= 15 is 0 Å². The predicted molar refractivity (Wildman–Crippen MR) is 68.7 cm³/mol.